The molecule has 6 nitrogen and oxygen atoms in total. The molecule has 3 rings (SSSR count). The molecule has 2 N–H and O–H groups in total. The van der Waals surface area contributed by atoms with Crippen LogP contribution in [0, 0.1) is 0 Å². The minimum atomic E-state index is -3.99. The van der Waals surface area contributed by atoms with Gasteiger partial charge in [-0.25, -0.2) is 18.5 Å². The number of aromatic nitrogens is 2. The van der Waals surface area contributed by atoms with Gasteiger partial charge in [0, 0.05) is 45.7 Å². The molecule has 0 unspecified atom stereocenters. The molecule has 0 saturated carbocycles. The van der Waals surface area contributed by atoms with Crippen molar-refractivity contribution in [3.63, 3.8) is 0 Å². The lowest BCUT2D eigenvalue weighted by atomic mass is 10.0. The Balaban J connectivity index is 2.23. The summed E-state index contributed by atoms with van der Waals surface area (Å²) in [7, 11) is -2.62. The number of halogens is 1. The van der Waals surface area contributed by atoms with Gasteiger partial charge in [-0.2, -0.15) is 0 Å². The minimum absolute atomic E-state index is 0.125. The van der Waals surface area contributed by atoms with Crippen LogP contribution in [0.2, 0.25) is 5.02 Å². The van der Waals surface area contributed by atoms with Gasteiger partial charge in [0.25, 0.3) is 0 Å². The van der Waals surface area contributed by atoms with Crippen molar-refractivity contribution < 1.29 is 13.2 Å². The average molecular weight is 382 g/mol. The van der Waals surface area contributed by atoms with Crippen molar-refractivity contribution in [3.8, 4) is 27.4 Å². The summed E-state index contributed by atoms with van der Waals surface area (Å²) in [6.07, 6.45) is 4.98. The molecule has 0 aliphatic carbocycles. The number of hydrogen-bond donors (Lipinski definition) is 1. The second-order valence-corrected chi connectivity index (χ2v) is 7.69. The monoisotopic (exact) mass is 381 g/mol. The molecule has 24 heavy (non-hydrogen) atoms. The molecule has 0 saturated heterocycles. The molecule has 3 aromatic rings. The Morgan fingerprint density at radius 3 is 2.58 bits per heavy atom. The molecule has 2 aromatic heterocycles. The van der Waals surface area contributed by atoms with Gasteiger partial charge >= 0.3 is 0 Å². The zero-order valence-electron chi connectivity index (χ0n) is 12.4. The van der Waals surface area contributed by atoms with Crippen LogP contribution in [0.25, 0.3) is 21.7 Å². The third-order valence-electron chi connectivity index (χ3n) is 3.26. The standard InChI is InChI=1S/C15H12ClN3O3S2/c1-22-14-12(5-11(16)6-13(14)24(17,20)21)9-4-10(8-18-7-9)15-19-2-3-23-15/h2-8H,1H3,(H2,17,20,21). The Morgan fingerprint density at radius 1 is 1.21 bits per heavy atom. The molecule has 124 valence electrons. The number of ether oxygens (including phenoxy) is 1. The highest BCUT2D eigenvalue weighted by molar-refractivity contribution is 7.89. The van der Waals surface area contributed by atoms with Gasteiger partial charge in [0.1, 0.15) is 15.7 Å². The number of nitrogens with zero attached hydrogens (tertiary/aromatic N) is 2. The smallest absolute Gasteiger partial charge is 0.241 e. The lowest BCUT2D eigenvalue weighted by Gasteiger charge is -2.13. The number of thiazole rings is 1. The van der Waals surface area contributed by atoms with Crippen molar-refractivity contribution in [1.82, 2.24) is 9.97 Å². The fourth-order valence-electron chi connectivity index (χ4n) is 2.28. The molecule has 0 aliphatic rings. The van der Waals surface area contributed by atoms with E-state index in [1.807, 2.05) is 11.4 Å². The quantitative estimate of drug-likeness (QED) is 0.748. The SMILES string of the molecule is COc1c(-c2cncc(-c3nccs3)c2)cc(Cl)cc1S(N)(=O)=O. The first kappa shape index (κ1) is 16.8. The van der Waals surface area contributed by atoms with Gasteiger partial charge in [-0.3, -0.25) is 4.98 Å². The minimum Gasteiger partial charge on any atom is -0.495 e. The van der Waals surface area contributed by atoms with Crippen molar-refractivity contribution in [1.29, 1.82) is 0 Å². The van der Waals surface area contributed by atoms with E-state index in [1.54, 1.807) is 24.7 Å². The van der Waals surface area contributed by atoms with Gasteiger partial charge in [-0.1, -0.05) is 11.6 Å². The Hall–Kier alpha value is -2.00. The van der Waals surface area contributed by atoms with E-state index in [2.05, 4.69) is 9.97 Å². The summed E-state index contributed by atoms with van der Waals surface area (Å²) in [5, 5.41) is 8.16. The van der Waals surface area contributed by atoms with E-state index >= 15 is 0 Å². The van der Waals surface area contributed by atoms with Crippen molar-refractivity contribution in [2.75, 3.05) is 7.11 Å². The molecule has 2 heterocycles. The number of primary sulfonamides is 1. The number of benzene rings is 1. The van der Waals surface area contributed by atoms with Crippen LogP contribution in [-0.4, -0.2) is 25.5 Å². The molecular weight excluding hydrogens is 370 g/mol. The largest absolute Gasteiger partial charge is 0.495 e. The highest BCUT2D eigenvalue weighted by atomic mass is 35.5. The summed E-state index contributed by atoms with van der Waals surface area (Å²) >= 11 is 7.54. The number of rotatable bonds is 4. The van der Waals surface area contributed by atoms with Crippen molar-refractivity contribution in [2.45, 2.75) is 4.90 Å². The third-order valence-corrected chi connectivity index (χ3v) is 5.22. The first-order valence-corrected chi connectivity index (χ1v) is 9.46. The highest BCUT2D eigenvalue weighted by Gasteiger charge is 2.21. The molecule has 9 heteroatoms. The Labute approximate surface area is 148 Å². The molecule has 0 amide bonds. The van der Waals surface area contributed by atoms with E-state index in [0.29, 0.717) is 11.1 Å². The fraction of sp³-hybridized carbons (Fsp3) is 0.0667. The van der Waals surface area contributed by atoms with Crippen LogP contribution in [-0.2, 0) is 10.0 Å². The number of hydrogen-bond acceptors (Lipinski definition) is 6. The fourth-order valence-corrected chi connectivity index (χ4v) is 3.92. The number of sulfonamides is 1. The first-order chi connectivity index (χ1) is 11.4. The van der Waals surface area contributed by atoms with Crippen LogP contribution in [0.15, 0.2) is 47.1 Å². The van der Waals surface area contributed by atoms with Gasteiger partial charge in [0.2, 0.25) is 10.0 Å². The lowest BCUT2D eigenvalue weighted by molar-refractivity contribution is 0.404. The summed E-state index contributed by atoms with van der Waals surface area (Å²) in [5.74, 6) is 0.125. The van der Waals surface area contributed by atoms with Gasteiger partial charge in [-0.15, -0.1) is 11.3 Å². The summed E-state index contributed by atoms with van der Waals surface area (Å²) in [6.45, 7) is 0. The summed E-state index contributed by atoms with van der Waals surface area (Å²) in [4.78, 5) is 8.27. The Bertz CT molecular complexity index is 989. The van der Waals surface area contributed by atoms with Crippen LogP contribution in [0.4, 0.5) is 0 Å². The maximum absolute atomic E-state index is 11.8. The molecule has 0 spiro atoms. The van der Waals surface area contributed by atoms with E-state index in [1.165, 1.54) is 24.5 Å². The van der Waals surface area contributed by atoms with Gasteiger partial charge in [0.15, 0.2) is 0 Å². The topological polar surface area (TPSA) is 95.2 Å². The summed E-state index contributed by atoms with van der Waals surface area (Å²) in [5.41, 5.74) is 1.94. The van der Waals surface area contributed by atoms with Crippen molar-refractivity contribution in [3.05, 3.63) is 47.2 Å². The molecular formula is C15H12ClN3O3S2. The van der Waals surface area contributed by atoms with Crippen LogP contribution in [0.3, 0.4) is 0 Å². The number of methoxy groups -OCH3 is 1. The second-order valence-electron chi connectivity index (χ2n) is 4.83. The third kappa shape index (κ3) is 3.27. The van der Waals surface area contributed by atoms with Crippen LogP contribution in [0.5, 0.6) is 5.75 Å². The van der Waals surface area contributed by atoms with E-state index in [9.17, 15) is 8.42 Å². The van der Waals surface area contributed by atoms with Crippen molar-refractivity contribution >= 4 is 33.0 Å². The normalized spacial score (nSPS) is 11.5. The lowest BCUT2D eigenvalue weighted by Crippen LogP contribution is -2.14. The maximum Gasteiger partial charge on any atom is 0.241 e. The molecule has 0 atom stereocenters. The van der Waals surface area contributed by atoms with E-state index < -0.39 is 10.0 Å². The first-order valence-electron chi connectivity index (χ1n) is 6.66. The zero-order chi connectivity index (χ0) is 17.3. The van der Waals surface area contributed by atoms with Gasteiger partial charge in [-0.05, 0) is 18.2 Å². The summed E-state index contributed by atoms with van der Waals surface area (Å²) in [6, 6.07) is 4.71. The number of pyridine rings is 1. The van der Waals surface area contributed by atoms with E-state index in [0.717, 1.165) is 10.6 Å². The van der Waals surface area contributed by atoms with Gasteiger partial charge < -0.3 is 4.74 Å². The Morgan fingerprint density at radius 2 is 1.96 bits per heavy atom. The second kappa shape index (κ2) is 6.48. The number of nitrogens with two attached hydrogens (primary N) is 1. The molecule has 0 aliphatic heterocycles. The molecule has 1 aromatic carbocycles. The summed E-state index contributed by atoms with van der Waals surface area (Å²) < 4.78 is 28.9. The van der Waals surface area contributed by atoms with Crippen LogP contribution >= 0.6 is 22.9 Å². The predicted octanol–water partition coefficient (Wildman–Crippen LogP) is 3.18. The zero-order valence-corrected chi connectivity index (χ0v) is 14.8. The Kier molecular flexibility index (Phi) is 4.55. The van der Waals surface area contributed by atoms with E-state index in [4.69, 9.17) is 21.5 Å². The van der Waals surface area contributed by atoms with E-state index in [-0.39, 0.29) is 15.7 Å². The predicted molar refractivity (Wildman–Crippen MR) is 93.7 cm³/mol. The van der Waals surface area contributed by atoms with Crippen LogP contribution in [0.1, 0.15) is 0 Å². The van der Waals surface area contributed by atoms with Gasteiger partial charge in [0.05, 0.1) is 7.11 Å². The molecule has 0 bridgehead atoms. The maximum atomic E-state index is 11.8. The molecule has 0 radical (unpaired) electrons. The molecule has 0 fully saturated rings. The van der Waals surface area contributed by atoms with Crippen molar-refractivity contribution in [2.24, 2.45) is 5.14 Å². The average Bonchev–Trinajstić information content (AvgIpc) is 3.08. The van der Waals surface area contributed by atoms with Crippen LogP contribution < -0.4 is 9.88 Å². The highest BCUT2D eigenvalue weighted by Crippen LogP contribution is 2.38.